The number of benzene rings is 2. The summed E-state index contributed by atoms with van der Waals surface area (Å²) in [5.41, 5.74) is 4.24. The summed E-state index contributed by atoms with van der Waals surface area (Å²) < 4.78 is 5.22. The molecule has 0 aliphatic carbocycles. The van der Waals surface area contributed by atoms with Gasteiger partial charge in [-0.25, -0.2) is 4.79 Å². The molecule has 0 bridgehead atoms. The van der Waals surface area contributed by atoms with Crippen LogP contribution in [-0.2, 0) is 11.2 Å². The Morgan fingerprint density at radius 1 is 1.07 bits per heavy atom. The van der Waals surface area contributed by atoms with Gasteiger partial charge in [-0.3, -0.25) is 14.8 Å². The van der Waals surface area contributed by atoms with Crippen molar-refractivity contribution in [3.05, 3.63) is 71.7 Å². The number of nitrogens with one attached hydrogen (secondary N) is 1. The van der Waals surface area contributed by atoms with Crippen molar-refractivity contribution in [2.75, 3.05) is 6.61 Å². The largest absolute Gasteiger partial charge is 0.454 e. The van der Waals surface area contributed by atoms with Crippen molar-refractivity contribution >= 4 is 33.7 Å². The number of aryl methyl sites for hydroxylation is 1. The number of fused-ring (bicyclic) bond motifs is 2. The average molecular weight is 359 g/mol. The number of H-pyrrole nitrogens is 1. The Morgan fingerprint density at radius 3 is 2.70 bits per heavy atom. The smallest absolute Gasteiger partial charge is 0.338 e. The summed E-state index contributed by atoms with van der Waals surface area (Å²) in [6, 6.07) is 10.8. The second kappa shape index (κ2) is 6.99. The number of carbonyl (C=O) groups is 2. The average Bonchev–Trinajstić information content (AvgIpc) is 3.15. The minimum Gasteiger partial charge on any atom is -0.454 e. The number of aromatic nitrogens is 3. The summed E-state index contributed by atoms with van der Waals surface area (Å²) in [6.45, 7) is 1.74. The molecule has 0 aliphatic rings. The Morgan fingerprint density at radius 2 is 1.89 bits per heavy atom. The summed E-state index contributed by atoms with van der Waals surface area (Å²) in [5.74, 6) is -0.812. The second-order valence-electron chi connectivity index (χ2n) is 6.15. The first-order chi connectivity index (χ1) is 13.2. The highest BCUT2D eigenvalue weighted by Crippen LogP contribution is 2.23. The summed E-state index contributed by atoms with van der Waals surface area (Å²) >= 11 is 0. The maximum absolute atomic E-state index is 12.5. The molecular weight excluding hydrogens is 342 g/mol. The van der Waals surface area contributed by atoms with Crippen LogP contribution in [0.4, 0.5) is 0 Å². The predicted octanol–water partition coefficient (Wildman–Crippen LogP) is 3.71. The third-order valence-electron chi connectivity index (χ3n) is 4.52. The van der Waals surface area contributed by atoms with Gasteiger partial charge in [0.1, 0.15) is 0 Å². The standard InChI is InChI=1S/C21H17N3O3/c1-2-13-4-3-5-15-16(11-24-20(13)15)19(25)12-27-21(26)14-6-7-17-18(10-14)23-9-8-22-17/h3-11,24H,2,12H2,1H3. The van der Waals surface area contributed by atoms with Gasteiger partial charge in [0.15, 0.2) is 6.61 Å². The summed E-state index contributed by atoms with van der Waals surface area (Å²) in [6.07, 6.45) is 5.68. The molecule has 4 aromatic rings. The predicted molar refractivity (Wildman–Crippen MR) is 102 cm³/mol. The maximum atomic E-state index is 12.5. The van der Waals surface area contributed by atoms with Gasteiger partial charge in [-0.2, -0.15) is 0 Å². The normalized spacial score (nSPS) is 11.0. The molecule has 0 fully saturated rings. The molecule has 0 amide bonds. The van der Waals surface area contributed by atoms with Gasteiger partial charge in [0.25, 0.3) is 0 Å². The van der Waals surface area contributed by atoms with Crippen LogP contribution in [0.2, 0.25) is 0 Å². The highest BCUT2D eigenvalue weighted by atomic mass is 16.5. The number of Topliss-reactive ketones (excluding diaryl/α,β-unsaturated/α-hetero) is 1. The molecule has 0 atom stereocenters. The molecule has 2 aromatic heterocycles. The van der Waals surface area contributed by atoms with Crippen molar-refractivity contribution in [3.8, 4) is 0 Å². The van der Waals surface area contributed by atoms with Crippen molar-refractivity contribution in [2.24, 2.45) is 0 Å². The van der Waals surface area contributed by atoms with E-state index in [1.165, 1.54) is 0 Å². The molecule has 0 spiro atoms. The van der Waals surface area contributed by atoms with Crippen LogP contribution in [0.5, 0.6) is 0 Å². The van der Waals surface area contributed by atoms with Gasteiger partial charge in [0.05, 0.1) is 16.6 Å². The van der Waals surface area contributed by atoms with Gasteiger partial charge in [-0.15, -0.1) is 0 Å². The lowest BCUT2D eigenvalue weighted by Gasteiger charge is -2.05. The summed E-state index contributed by atoms with van der Waals surface area (Å²) in [7, 11) is 0. The summed E-state index contributed by atoms with van der Waals surface area (Å²) in [4.78, 5) is 36.3. The van der Waals surface area contributed by atoms with Gasteiger partial charge in [0, 0.05) is 35.1 Å². The first kappa shape index (κ1) is 16.9. The Labute approximate surface area is 155 Å². The van der Waals surface area contributed by atoms with Crippen molar-refractivity contribution < 1.29 is 14.3 Å². The molecule has 4 rings (SSSR count). The molecule has 27 heavy (non-hydrogen) atoms. The van der Waals surface area contributed by atoms with E-state index in [1.807, 2.05) is 18.2 Å². The second-order valence-corrected chi connectivity index (χ2v) is 6.15. The number of para-hydroxylation sites is 1. The fraction of sp³-hybridized carbons (Fsp3) is 0.143. The molecular formula is C21H17N3O3. The quantitative estimate of drug-likeness (QED) is 0.434. The van der Waals surface area contributed by atoms with Crippen LogP contribution in [0.15, 0.2) is 55.0 Å². The topological polar surface area (TPSA) is 84.9 Å². The molecule has 1 N–H and O–H groups in total. The van der Waals surface area contributed by atoms with E-state index in [1.54, 1.807) is 36.8 Å². The Kier molecular flexibility index (Phi) is 4.38. The molecule has 0 radical (unpaired) electrons. The van der Waals surface area contributed by atoms with E-state index < -0.39 is 5.97 Å². The fourth-order valence-corrected chi connectivity index (χ4v) is 3.12. The number of hydrogen-bond donors (Lipinski definition) is 1. The monoisotopic (exact) mass is 359 g/mol. The molecule has 2 aromatic carbocycles. The minimum atomic E-state index is -0.565. The van der Waals surface area contributed by atoms with Gasteiger partial charge in [-0.05, 0) is 30.2 Å². The Balaban J connectivity index is 1.51. The van der Waals surface area contributed by atoms with Crippen LogP contribution in [-0.4, -0.2) is 33.3 Å². The molecule has 0 saturated carbocycles. The van der Waals surface area contributed by atoms with Crippen molar-refractivity contribution in [1.29, 1.82) is 0 Å². The molecule has 0 unspecified atom stereocenters. The lowest BCUT2D eigenvalue weighted by Crippen LogP contribution is -2.14. The molecule has 0 saturated heterocycles. The number of carbonyl (C=O) groups excluding carboxylic acids is 2. The van der Waals surface area contributed by atoms with Crippen LogP contribution in [0.3, 0.4) is 0 Å². The van der Waals surface area contributed by atoms with Gasteiger partial charge < -0.3 is 9.72 Å². The van der Waals surface area contributed by atoms with Gasteiger partial charge in [0.2, 0.25) is 5.78 Å². The zero-order valence-corrected chi connectivity index (χ0v) is 14.7. The first-order valence-electron chi connectivity index (χ1n) is 8.67. The Hall–Kier alpha value is -3.54. The maximum Gasteiger partial charge on any atom is 0.338 e. The van der Waals surface area contributed by atoms with Crippen LogP contribution >= 0.6 is 0 Å². The van der Waals surface area contributed by atoms with Crippen molar-refractivity contribution in [2.45, 2.75) is 13.3 Å². The molecule has 2 heterocycles. The van der Waals surface area contributed by atoms with E-state index in [4.69, 9.17) is 4.74 Å². The number of aromatic amines is 1. The third kappa shape index (κ3) is 3.17. The van der Waals surface area contributed by atoms with Crippen molar-refractivity contribution in [1.82, 2.24) is 15.0 Å². The van der Waals surface area contributed by atoms with E-state index in [-0.39, 0.29) is 12.4 Å². The molecule has 6 heteroatoms. The van der Waals surface area contributed by atoms with E-state index in [0.717, 1.165) is 22.9 Å². The van der Waals surface area contributed by atoms with Crippen LogP contribution in [0, 0.1) is 0 Å². The SMILES string of the molecule is CCc1cccc2c(C(=O)COC(=O)c3ccc4nccnc4c3)c[nH]c12. The minimum absolute atomic E-state index is 0.247. The van der Waals surface area contributed by atoms with E-state index in [2.05, 4.69) is 21.9 Å². The first-order valence-corrected chi connectivity index (χ1v) is 8.67. The molecule has 0 aliphatic heterocycles. The third-order valence-corrected chi connectivity index (χ3v) is 4.52. The van der Waals surface area contributed by atoms with E-state index in [9.17, 15) is 9.59 Å². The highest BCUT2D eigenvalue weighted by Gasteiger charge is 2.16. The zero-order chi connectivity index (χ0) is 18.8. The Bertz CT molecular complexity index is 1160. The van der Waals surface area contributed by atoms with Crippen LogP contribution in [0.25, 0.3) is 21.9 Å². The number of esters is 1. The number of nitrogens with zero attached hydrogens (tertiary/aromatic N) is 2. The lowest BCUT2D eigenvalue weighted by atomic mass is 10.1. The van der Waals surface area contributed by atoms with Crippen LogP contribution < -0.4 is 0 Å². The van der Waals surface area contributed by atoms with Crippen LogP contribution in [0.1, 0.15) is 33.2 Å². The number of hydrogen-bond acceptors (Lipinski definition) is 5. The summed E-state index contributed by atoms with van der Waals surface area (Å²) in [5, 5.41) is 0.844. The molecule has 134 valence electrons. The van der Waals surface area contributed by atoms with Crippen molar-refractivity contribution in [3.63, 3.8) is 0 Å². The van der Waals surface area contributed by atoms with E-state index in [0.29, 0.717) is 22.2 Å². The molecule has 6 nitrogen and oxygen atoms in total. The van der Waals surface area contributed by atoms with Gasteiger partial charge >= 0.3 is 5.97 Å². The zero-order valence-electron chi connectivity index (χ0n) is 14.7. The lowest BCUT2D eigenvalue weighted by molar-refractivity contribution is 0.0475. The highest BCUT2D eigenvalue weighted by molar-refractivity contribution is 6.09. The number of ether oxygens (including phenoxy) is 1. The van der Waals surface area contributed by atoms with Gasteiger partial charge in [-0.1, -0.05) is 25.1 Å². The fourth-order valence-electron chi connectivity index (χ4n) is 3.12. The van der Waals surface area contributed by atoms with E-state index >= 15 is 0 Å². The number of rotatable bonds is 5. The number of ketones is 1.